The van der Waals surface area contributed by atoms with Crippen molar-refractivity contribution in [2.45, 2.75) is 43.2 Å². The highest BCUT2D eigenvalue weighted by Crippen LogP contribution is 2.30. The van der Waals surface area contributed by atoms with Crippen molar-refractivity contribution >= 4 is 31.2 Å². The largest absolute Gasteiger partial charge is 0.466 e. The molecular weight excluding hydrogens is 489 g/mol. The molecule has 1 aliphatic rings. The van der Waals surface area contributed by atoms with Crippen molar-refractivity contribution in [3.63, 3.8) is 0 Å². The van der Waals surface area contributed by atoms with Gasteiger partial charge in [0, 0.05) is 6.42 Å². The molecule has 12 N–H and O–H groups in total. The van der Waals surface area contributed by atoms with E-state index in [0.29, 0.717) is 6.29 Å². The molecule has 1 fully saturated rings. The lowest BCUT2D eigenvalue weighted by Gasteiger charge is -2.16. The lowest BCUT2D eigenvalue weighted by atomic mass is 10.1. The van der Waals surface area contributed by atoms with Crippen molar-refractivity contribution in [2.75, 3.05) is 18.9 Å². The van der Waals surface area contributed by atoms with Crippen LogP contribution < -0.4 is 11.3 Å². The van der Waals surface area contributed by atoms with Crippen molar-refractivity contribution in [3.05, 3.63) is 16.7 Å². The number of aliphatic hydroxyl groups is 6. The standard InChI is InChI=1S/C10H13N5O5.C5H10O4.H3O4P/c11-10-13-7-4(8(19)14-10)12-2-15(7)9-6(18)5(17)3(1-16)20-9;6-2-1-4(8)5(9)3-7;1-5(2,3)4/h2-3,5-6,9,16-18H,1H2,(H3,11,13,14,19);2,4-5,7-9H,1,3H2;(H3,1,2,3,4)/t3-,5-,6-,9-;;/m1../s1. The topological polar surface area (TPSA) is 315 Å². The number of aldehydes is 1. The third-order valence-corrected chi connectivity index (χ3v) is 4.21. The third-order valence-electron chi connectivity index (χ3n) is 4.21. The SMILES string of the molecule is Nc1nc2c(ncn2[C@@H]2O[C@H](CO)[C@@H](O)[C@H]2O)c(=O)[nH]1.O=CCC(O)C(O)CO.O=P(O)(O)O. The Morgan fingerprint density at radius 3 is 2.26 bits per heavy atom. The van der Waals surface area contributed by atoms with Crippen LogP contribution in [0.4, 0.5) is 5.95 Å². The molecule has 0 bridgehead atoms. The zero-order valence-corrected chi connectivity index (χ0v) is 18.2. The zero-order chi connectivity index (χ0) is 26.2. The van der Waals surface area contributed by atoms with Crippen LogP contribution in [-0.4, -0.2) is 115 Å². The first-order chi connectivity index (χ1) is 15.7. The number of fused-ring (bicyclic) bond motifs is 1. The van der Waals surface area contributed by atoms with Gasteiger partial charge in [-0.15, -0.1) is 0 Å². The van der Waals surface area contributed by atoms with E-state index in [4.69, 9.17) is 50.1 Å². The first-order valence-electron chi connectivity index (χ1n) is 9.28. The summed E-state index contributed by atoms with van der Waals surface area (Å²) < 4.78 is 15.5. The summed E-state index contributed by atoms with van der Waals surface area (Å²) in [7, 11) is -4.64. The number of nitrogens with one attached hydrogen (secondary N) is 1. The molecule has 0 saturated carbocycles. The first kappa shape index (κ1) is 29.7. The second-order valence-electron chi connectivity index (χ2n) is 6.74. The molecule has 0 amide bonds. The van der Waals surface area contributed by atoms with Crippen LogP contribution in [0, 0.1) is 0 Å². The molecule has 18 nitrogen and oxygen atoms in total. The molecule has 2 unspecified atom stereocenters. The minimum Gasteiger partial charge on any atom is -0.394 e. The summed E-state index contributed by atoms with van der Waals surface area (Å²) in [6.45, 7) is -0.966. The molecule has 0 aliphatic carbocycles. The molecule has 2 aromatic rings. The highest BCUT2D eigenvalue weighted by atomic mass is 31.2. The number of carbonyl (C=O) groups is 1. The van der Waals surface area contributed by atoms with Gasteiger partial charge < -0.3 is 60.6 Å². The number of hydrogen-bond donors (Lipinski definition) is 11. The van der Waals surface area contributed by atoms with Gasteiger partial charge in [0.25, 0.3) is 5.56 Å². The fourth-order valence-electron chi connectivity index (χ4n) is 2.62. The van der Waals surface area contributed by atoms with Gasteiger partial charge in [0.05, 0.1) is 25.6 Å². The number of nitrogens with two attached hydrogens (primary N) is 1. The average Bonchev–Trinajstić information content (AvgIpc) is 3.28. The number of aromatic nitrogens is 4. The van der Waals surface area contributed by atoms with E-state index in [1.165, 1.54) is 10.9 Å². The van der Waals surface area contributed by atoms with Crippen LogP contribution in [0.1, 0.15) is 12.6 Å². The minimum absolute atomic E-state index is 0.0388. The highest BCUT2D eigenvalue weighted by molar-refractivity contribution is 7.45. The maximum atomic E-state index is 11.7. The third kappa shape index (κ3) is 8.46. The number of phosphoric acid groups is 1. The van der Waals surface area contributed by atoms with Crippen LogP contribution in [0.2, 0.25) is 0 Å². The number of hydrogen-bond acceptors (Lipinski definition) is 13. The van der Waals surface area contributed by atoms with Gasteiger partial charge in [-0.2, -0.15) is 4.98 Å². The number of imidazole rings is 1. The van der Waals surface area contributed by atoms with E-state index >= 15 is 0 Å². The van der Waals surface area contributed by atoms with E-state index in [-0.39, 0.29) is 23.5 Å². The Hall–Kier alpha value is -2.35. The lowest BCUT2D eigenvalue weighted by molar-refractivity contribution is -0.111. The molecule has 0 radical (unpaired) electrons. The van der Waals surface area contributed by atoms with Crippen LogP contribution in [0.25, 0.3) is 11.2 Å². The molecule has 3 rings (SSSR count). The maximum Gasteiger partial charge on any atom is 0.466 e. The van der Waals surface area contributed by atoms with Gasteiger partial charge in [0.15, 0.2) is 17.4 Å². The maximum absolute atomic E-state index is 11.7. The predicted octanol–water partition coefficient (Wildman–Crippen LogP) is -5.33. The smallest absolute Gasteiger partial charge is 0.394 e. The van der Waals surface area contributed by atoms with Crippen molar-refractivity contribution in [1.82, 2.24) is 19.5 Å². The van der Waals surface area contributed by atoms with Crippen molar-refractivity contribution in [2.24, 2.45) is 0 Å². The molecule has 1 aliphatic heterocycles. The molecular formula is C15H26N5O13P. The fourth-order valence-corrected chi connectivity index (χ4v) is 2.62. The molecule has 0 spiro atoms. The summed E-state index contributed by atoms with van der Waals surface area (Å²) in [6.07, 6.45) is -5.19. The number of rotatable bonds is 6. The average molecular weight is 515 g/mol. The summed E-state index contributed by atoms with van der Waals surface area (Å²) in [6, 6.07) is 0. The van der Waals surface area contributed by atoms with E-state index in [0.717, 1.165) is 0 Å². The molecule has 19 heteroatoms. The Morgan fingerprint density at radius 2 is 1.79 bits per heavy atom. The van der Waals surface area contributed by atoms with Crippen LogP contribution >= 0.6 is 7.82 Å². The number of carbonyl (C=O) groups excluding carboxylic acids is 1. The molecule has 1 saturated heterocycles. The van der Waals surface area contributed by atoms with Gasteiger partial charge in [0.2, 0.25) is 5.95 Å². The number of H-pyrrole nitrogens is 1. The van der Waals surface area contributed by atoms with Crippen LogP contribution in [0.15, 0.2) is 11.1 Å². The van der Waals surface area contributed by atoms with Crippen molar-refractivity contribution in [1.29, 1.82) is 0 Å². The number of nitrogen functional groups attached to an aromatic ring is 1. The van der Waals surface area contributed by atoms with Crippen molar-refractivity contribution < 1.29 is 59.4 Å². The summed E-state index contributed by atoms with van der Waals surface area (Å²) in [4.78, 5) is 53.0. The summed E-state index contributed by atoms with van der Waals surface area (Å²) in [5.41, 5.74) is 5.12. The van der Waals surface area contributed by atoms with E-state index in [1.54, 1.807) is 0 Å². The van der Waals surface area contributed by atoms with Gasteiger partial charge in [-0.3, -0.25) is 14.3 Å². The zero-order valence-electron chi connectivity index (χ0n) is 17.3. The van der Waals surface area contributed by atoms with Crippen LogP contribution in [-0.2, 0) is 14.1 Å². The molecule has 34 heavy (non-hydrogen) atoms. The van der Waals surface area contributed by atoms with Gasteiger partial charge in [-0.25, -0.2) is 9.55 Å². The Kier molecular flexibility index (Phi) is 11.3. The second kappa shape index (κ2) is 12.9. The highest BCUT2D eigenvalue weighted by Gasteiger charge is 2.44. The molecule has 3 heterocycles. The summed E-state index contributed by atoms with van der Waals surface area (Å²) >= 11 is 0. The molecule has 6 atom stereocenters. The number of anilines is 1. The Labute approximate surface area is 189 Å². The molecule has 2 aromatic heterocycles. The quantitative estimate of drug-likeness (QED) is 0.126. The van der Waals surface area contributed by atoms with Gasteiger partial charge in [-0.05, 0) is 0 Å². The number of nitrogens with zero attached hydrogens (tertiary/aromatic N) is 3. The lowest BCUT2D eigenvalue weighted by Crippen LogP contribution is -2.33. The van der Waals surface area contributed by atoms with Gasteiger partial charge in [0.1, 0.15) is 30.7 Å². The molecule has 0 aromatic carbocycles. The molecule has 194 valence electrons. The normalized spacial score (nSPS) is 23.9. The number of ether oxygens (including phenoxy) is 1. The Balaban J connectivity index is 0.000000345. The fraction of sp³-hybridized carbons (Fsp3) is 0.600. The Bertz CT molecular complexity index is 1020. The van der Waals surface area contributed by atoms with Gasteiger partial charge >= 0.3 is 7.82 Å². The van der Waals surface area contributed by atoms with Crippen LogP contribution in [0.5, 0.6) is 0 Å². The monoisotopic (exact) mass is 515 g/mol. The van der Waals surface area contributed by atoms with Crippen molar-refractivity contribution in [3.8, 4) is 0 Å². The van der Waals surface area contributed by atoms with Gasteiger partial charge in [-0.1, -0.05) is 0 Å². The summed E-state index contributed by atoms with van der Waals surface area (Å²) in [5, 5.41) is 54.2. The number of aromatic amines is 1. The van der Waals surface area contributed by atoms with E-state index in [1.807, 2.05) is 0 Å². The number of aliphatic hydroxyl groups excluding tert-OH is 6. The van der Waals surface area contributed by atoms with E-state index in [9.17, 15) is 19.8 Å². The second-order valence-corrected chi connectivity index (χ2v) is 7.76. The van der Waals surface area contributed by atoms with E-state index < -0.39 is 63.3 Å². The first-order valence-corrected chi connectivity index (χ1v) is 10.8. The predicted molar refractivity (Wildman–Crippen MR) is 110 cm³/mol. The Morgan fingerprint density at radius 1 is 1.21 bits per heavy atom. The minimum atomic E-state index is -4.64. The van der Waals surface area contributed by atoms with Crippen LogP contribution in [0.3, 0.4) is 0 Å². The summed E-state index contributed by atoms with van der Waals surface area (Å²) in [5.74, 6) is -0.101. The van der Waals surface area contributed by atoms with E-state index in [2.05, 4.69) is 15.0 Å².